The van der Waals surface area contributed by atoms with Gasteiger partial charge in [0.05, 0.1) is 11.5 Å². The molecule has 1 aliphatic heterocycles. The summed E-state index contributed by atoms with van der Waals surface area (Å²) in [4.78, 5) is 0. The third-order valence-electron chi connectivity index (χ3n) is 4.69. The molecule has 0 amide bonds. The maximum atomic E-state index is 11.8. The Morgan fingerprint density at radius 2 is 1.85 bits per heavy atom. The van der Waals surface area contributed by atoms with E-state index in [1.807, 2.05) is 0 Å². The maximum Gasteiger partial charge on any atom is 0.151 e. The summed E-state index contributed by atoms with van der Waals surface area (Å²) in [5.74, 6) is 1.28. The largest absolute Gasteiger partial charge is 0.306 e. The van der Waals surface area contributed by atoms with Crippen LogP contribution in [0.5, 0.6) is 0 Å². The molecular formula is C16H23NO2S. The van der Waals surface area contributed by atoms with Gasteiger partial charge in [0.2, 0.25) is 0 Å². The summed E-state index contributed by atoms with van der Waals surface area (Å²) in [7, 11) is -2.83. The van der Waals surface area contributed by atoms with Crippen LogP contribution in [0.2, 0.25) is 0 Å². The van der Waals surface area contributed by atoms with Gasteiger partial charge < -0.3 is 5.32 Å². The Kier molecular flexibility index (Phi) is 3.87. The van der Waals surface area contributed by atoms with Crippen LogP contribution in [0.15, 0.2) is 24.3 Å². The summed E-state index contributed by atoms with van der Waals surface area (Å²) in [5.41, 5.74) is 2.80. The highest BCUT2D eigenvalue weighted by Gasteiger charge is 2.30. The predicted molar refractivity (Wildman–Crippen MR) is 81.6 cm³/mol. The van der Waals surface area contributed by atoms with Gasteiger partial charge in [-0.2, -0.15) is 0 Å². The molecule has 1 aromatic carbocycles. The Labute approximate surface area is 121 Å². The van der Waals surface area contributed by atoms with Crippen molar-refractivity contribution >= 4 is 9.84 Å². The first kappa shape index (κ1) is 14.1. The highest BCUT2D eigenvalue weighted by molar-refractivity contribution is 7.91. The SMILES string of the molecule is CC1CCC(NC2CCCS(=O)(=O)C2)c2ccccc21. The van der Waals surface area contributed by atoms with E-state index in [1.54, 1.807) is 0 Å². The van der Waals surface area contributed by atoms with E-state index in [9.17, 15) is 8.42 Å². The Morgan fingerprint density at radius 1 is 1.10 bits per heavy atom. The quantitative estimate of drug-likeness (QED) is 0.912. The third-order valence-corrected chi connectivity index (χ3v) is 6.51. The van der Waals surface area contributed by atoms with E-state index < -0.39 is 9.84 Å². The molecule has 1 aromatic rings. The number of fused-ring (bicyclic) bond motifs is 1. The Morgan fingerprint density at radius 3 is 2.60 bits per heavy atom. The van der Waals surface area contributed by atoms with Gasteiger partial charge in [-0.15, -0.1) is 0 Å². The number of hydrogen-bond acceptors (Lipinski definition) is 3. The topological polar surface area (TPSA) is 46.2 Å². The van der Waals surface area contributed by atoms with Crippen molar-refractivity contribution in [2.45, 2.75) is 50.6 Å². The van der Waals surface area contributed by atoms with Gasteiger partial charge in [-0.3, -0.25) is 0 Å². The molecule has 0 saturated carbocycles. The number of hydrogen-bond donors (Lipinski definition) is 1. The van der Waals surface area contributed by atoms with E-state index in [4.69, 9.17) is 0 Å². The van der Waals surface area contributed by atoms with Crippen molar-refractivity contribution in [2.75, 3.05) is 11.5 Å². The predicted octanol–water partition coefficient (Wildman–Crippen LogP) is 2.79. The normalized spacial score (nSPS) is 32.5. The monoisotopic (exact) mass is 293 g/mol. The fraction of sp³-hybridized carbons (Fsp3) is 0.625. The van der Waals surface area contributed by atoms with E-state index >= 15 is 0 Å². The molecule has 4 heteroatoms. The van der Waals surface area contributed by atoms with Gasteiger partial charge in [-0.05, 0) is 42.7 Å². The van der Waals surface area contributed by atoms with Crippen molar-refractivity contribution in [1.82, 2.24) is 5.32 Å². The highest BCUT2D eigenvalue weighted by Crippen LogP contribution is 2.37. The molecule has 3 unspecified atom stereocenters. The molecule has 0 aromatic heterocycles. The molecule has 0 bridgehead atoms. The van der Waals surface area contributed by atoms with Gasteiger partial charge >= 0.3 is 0 Å². The Bertz CT molecular complexity index is 582. The van der Waals surface area contributed by atoms with Gasteiger partial charge in [0.25, 0.3) is 0 Å². The number of nitrogens with one attached hydrogen (secondary N) is 1. The van der Waals surface area contributed by atoms with E-state index in [1.165, 1.54) is 17.5 Å². The minimum Gasteiger partial charge on any atom is -0.306 e. The maximum absolute atomic E-state index is 11.8. The second kappa shape index (κ2) is 5.49. The van der Waals surface area contributed by atoms with Gasteiger partial charge in [-0.1, -0.05) is 31.2 Å². The minimum atomic E-state index is -2.83. The van der Waals surface area contributed by atoms with Crippen molar-refractivity contribution in [3.8, 4) is 0 Å². The van der Waals surface area contributed by atoms with Crippen LogP contribution in [-0.2, 0) is 9.84 Å². The van der Waals surface area contributed by atoms with Crippen LogP contribution in [0.3, 0.4) is 0 Å². The highest BCUT2D eigenvalue weighted by atomic mass is 32.2. The first-order valence-corrected chi connectivity index (χ1v) is 9.42. The molecule has 0 spiro atoms. The summed E-state index contributed by atoms with van der Waals surface area (Å²) >= 11 is 0. The lowest BCUT2D eigenvalue weighted by Gasteiger charge is -2.34. The summed E-state index contributed by atoms with van der Waals surface area (Å²) < 4.78 is 23.5. The van der Waals surface area contributed by atoms with Gasteiger partial charge in [0.1, 0.15) is 0 Å². The van der Waals surface area contributed by atoms with Crippen LogP contribution in [0.25, 0.3) is 0 Å². The molecule has 20 heavy (non-hydrogen) atoms. The lowest BCUT2D eigenvalue weighted by molar-refractivity contribution is 0.373. The molecule has 110 valence electrons. The van der Waals surface area contributed by atoms with E-state index in [0.717, 1.165) is 19.3 Å². The molecule has 1 fully saturated rings. The van der Waals surface area contributed by atoms with Crippen LogP contribution < -0.4 is 5.32 Å². The van der Waals surface area contributed by atoms with E-state index in [0.29, 0.717) is 23.5 Å². The van der Waals surface area contributed by atoms with Gasteiger partial charge in [0.15, 0.2) is 9.84 Å². The zero-order chi connectivity index (χ0) is 14.2. The van der Waals surface area contributed by atoms with Crippen LogP contribution in [0.1, 0.15) is 55.7 Å². The lowest BCUT2D eigenvalue weighted by atomic mass is 9.81. The van der Waals surface area contributed by atoms with Gasteiger partial charge in [0, 0.05) is 12.1 Å². The number of rotatable bonds is 2. The van der Waals surface area contributed by atoms with Crippen molar-refractivity contribution < 1.29 is 8.42 Å². The lowest BCUT2D eigenvalue weighted by Crippen LogP contribution is -2.42. The smallest absolute Gasteiger partial charge is 0.151 e. The zero-order valence-electron chi connectivity index (χ0n) is 12.0. The summed E-state index contributed by atoms with van der Waals surface area (Å²) in [5, 5.41) is 3.61. The molecule has 3 atom stereocenters. The first-order chi connectivity index (χ1) is 9.55. The van der Waals surface area contributed by atoms with Crippen LogP contribution in [0, 0.1) is 0 Å². The van der Waals surface area contributed by atoms with Crippen molar-refractivity contribution in [2.24, 2.45) is 0 Å². The third kappa shape index (κ3) is 2.91. The van der Waals surface area contributed by atoms with E-state index in [-0.39, 0.29) is 6.04 Å². The Balaban J connectivity index is 1.77. The molecule has 1 saturated heterocycles. The molecular weight excluding hydrogens is 270 g/mol. The van der Waals surface area contributed by atoms with E-state index in [2.05, 4.69) is 36.5 Å². The molecule has 3 nitrogen and oxygen atoms in total. The summed E-state index contributed by atoms with van der Waals surface area (Å²) in [6, 6.07) is 9.04. The first-order valence-electron chi connectivity index (χ1n) is 7.60. The molecule has 3 rings (SSSR count). The second-order valence-corrected chi connectivity index (χ2v) is 8.51. The van der Waals surface area contributed by atoms with Crippen LogP contribution >= 0.6 is 0 Å². The molecule has 1 heterocycles. The van der Waals surface area contributed by atoms with Gasteiger partial charge in [-0.25, -0.2) is 8.42 Å². The zero-order valence-corrected chi connectivity index (χ0v) is 12.8. The average molecular weight is 293 g/mol. The molecule has 1 aliphatic carbocycles. The fourth-order valence-electron chi connectivity index (χ4n) is 3.62. The number of benzene rings is 1. The van der Waals surface area contributed by atoms with Crippen LogP contribution in [0.4, 0.5) is 0 Å². The van der Waals surface area contributed by atoms with Crippen molar-refractivity contribution in [3.63, 3.8) is 0 Å². The Hall–Kier alpha value is -0.870. The van der Waals surface area contributed by atoms with Crippen molar-refractivity contribution in [1.29, 1.82) is 0 Å². The summed E-state index contributed by atoms with van der Waals surface area (Å²) in [6.45, 7) is 2.28. The fourth-order valence-corrected chi connectivity index (χ4v) is 5.27. The second-order valence-electron chi connectivity index (χ2n) is 6.28. The average Bonchev–Trinajstić information content (AvgIpc) is 2.41. The number of sulfone groups is 1. The standard InChI is InChI=1S/C16H23NO2S/c1-12-8-9-16(15-7-3-2-6-14(12)15)17-13-5-4-10-20(18,19)11-13/h2-3,6-7,12-13,16-17H,4-5,8-11H2,1H3. The summed E-state index contributed by atoms with van der Waals surface area (Å²) in [6.07, 6.45) is 4.06. The van der Waals surface area contributed by atoms with Crippen LogP contribution in [-0.4, -0.2) is 26.0 Å². The molecule has 2 aliphatic rings. The molecule has 0 radical (unpaired) electrons. The van der Waals surface area contributed by atoms with Crippen molar-refractivity contribution in [3.05, 3.63) is 35.4 Å². The minimum absolute atomic E-state index is 0.125. The molecule has 1 N–H and O–H groups in total.